The average Bonchev–Trinajstić information content (AvgIpc) is 2.29. The fourth-order valence-electron chi connectivity index (χ4n) is 2.25. The van der Waals surface area contributed by atoms with Crippen molar-refractivity contribution in [3.8, 4) is 0 Å². The van der Waals surface area contributed by atoms with Gasteiger partial charge in [0.1, 0.15) is 0 Å². The van der Waals surface area contributed by atoms with Gasteiger partial charge in [0.25, 0.3) is 0 Å². The zero-order chi connectivity index (χ0) is 12.1. The summed E-state index contributed by atoms with van der Waals surface area (Å²) in [6.45, 7) is 11.2. The Hall–Kier alpha value is -0.0800. The van der Waals surface area contributed by atoms with E-state index >= 15 is 0 Å². The fourth-order valence-corrected chi connectivity index (χ4v) is 2.25. The predicted octanol–water partition coefficient (Wildman–Crippen LogP) is 3.27. The van der Waals surface area contributed by atoms with Crippen LogP contribution in [-0.2, 0) is 0 Å². The predicted molar refractivity (Wildman–Crippen MR) is 76.1 cm³/mol. The second-order valence-electron chi connectivity index (χ2n) is 5.12. The SMILES string of the molecule is CCCCC[NH+](CCCCC)CCCCC.[OH-]. The van der Waals surface area contributed by atoms with Crippen LogP contribution in [0.2, 0.25) is 0 Å². The van der Waals surface area contributed by atoms with E-state index in [4.69, 9.17) is 0 Å². The zero-order valence-electron chi connectivity index (χ0n) is 12.4. The van der Waals surface area contributed by atoms with Gasteiger partial charge in [-0.05, 0) is 38.5 Å². The number of quaternary nitrogens is 1. The molecular weight excluding hydrogens is 210 g/mol. The van der Waals surface area contributed by atoms with Gasteiger partial charge >= 0.3 is 0 Å². The molecule has 0 atom stereocenters. The van der Waals surface area contributed by atoms with Crippen LogP contribution in [0.5, 0.6) is 0 Å². The maximum atomic E-state index is 2.30. The summed E-state index contributed by atoms with van der Waals surface area (Å²) in [5, 5.41) is 0. The number of nitrogens with one attached hydrogen (secondary N) is 1. The van der Waals surface area contributed by atoms with Gasteiger partial charge in [-0.25, -0.2) is 0 Å². The van der Waals surface area contributed by atoms with Crippen LogP contribution in [0, 0.1) is 0 Å². The maximum Gasteiger partial charge on any atom is 0.0770 e. The lowest BCUT2D eigenvalue weighted by atomic mass is 10.2. The van der Waals surface area contributed by atoms with Gasteiger partial charge in [-0.2, -0.15) is 0 Å². The molecule has 0 aliphatic heterocycles. The second kappa shape index (κ2) is 15.9. The Labute approximate surface area is 109 Å². The molecule has 0 aliphatic carbocycles. The molecule has 0 radical (unpaired) electrons. The molecule has 0 unspecified atom stereocenters. The van der Waals surface area contributed by atoms with Crippen LogP contribution < -0.4 is 4.90 Å². The highest BCUT2D eigenvalue weighted by atomic mass is 16.0. The Morgan fingerprint density at radius 3 is 1.06 bits per heavy atom. The van der Waals surface area contributed by atoms with Crippen molar-refractivity contribution in [2.24, 2.45) is 0 Å². The molecule has 0 saturated heterocycles. The van der Waals surface area contributed by atoms with Gasteiger partial charge in [0.2, 0.25) is 0 Å². The topological polar surface area (TPSA) is 34.4 Å². The Bertz CT molecular complexity index is 104. The molecule has 106 valence electrons. The first-order valence-electron chi connectivity index (χ1n) is 7.68. The summed E-state index contributed by atoms with van der Waals surface area (Å²) in [4.78, 5) is 1.87. The van der Waals surface area contributed by atoms with Crippen molar-refractivity contribution < 1.29 is 10.4 Å². The van der Waals surface area contributed by atoms with Gasteiger partial charge in [0.15, 0.2) is 0 Å². The second-order valence-corrected chi connectivity index (χ2v) is 5.12. The van der Waals surface area contributed by atoms with E-state index in [1.54, 1.807) is 0 Å². The highest BCUT2D eigenvalue weighted by molar-refractivity contribution is 4.41. The Kier molecular flexibility index (Phi) is 18.0. The summed E-state index contributed by atoms with van der Waals surface area (Å²) in [7, 11) is 0. The quantitative estimate of drug-likeness (QED) is 0.526. The van der Waals surface area contributed by atoms with Gasteiger partial charge in [-0.1, -0.05) is 40.0 Å². The minimum atomic E-state index is 0. The van der Waals surface area contributed by atoms with E-state index in [1.807, 2.05) is 4.90 Å². The molecule has 0 bridgehead atoms. The van der Waals surface area contributed by atoms with E-state index in [2.05, 4.69) is 20.8 Å². The normalized spacial score (nSPS) is 10.6. The van der Waals surface area contributed by atoms with E-state index in [0.717, 1.165) is 0 Å². The molecule has 0 rings (SSSR count). The van der Waals surface area contributed by atoms with E-state index in [1.165, 1.54) is 77.4 Å². The molecule has 0 heterocycles. The van der Waals surface area contributed by atoms with Gasteiger partial charge in [-0.15, -0.1) is 0 Å². The number of hydrogen-bond donors (Lipinski definition) is 1. The highest BCUT2D eigenvalue weighted by Crippen LogP contribution is 1.94. The molecule has 2 N–H and O–H groups in total. The van der Waals surface area contributed by atoms with E-state index in [-0.39, 0.29) is 5.48 Å². The van der Waals surface area contributed by atoms with Crippen LogP contribution in [-0.4, -0.2) is 25.1 Å². The first-order chi connectivity index (χ1) is 7.85. The lowest BCUT2D eigenvalue weighted by Gasteiger charge is -2.19. The molecule has 0 aliphatic rings. The van der Waals surface area contributed by atoms with Crippen LogP contribution in [0.1, 0.15) is 78.6 Å². The lowest BCUT2D eigenvalue weighted by Crippen LogP contribution is -3.12. The minimum Gasteiger partial charge on any atom is -0.870 e. The summed E-state index contributed by atoms with van der Waals surface area (Å²) >= 11 is 0. The maximum absolute atomic E-state index is 2.30. The Morgan fingerprint density at radius 2 is 0.824 bits per heavy atom. The van der Waals surface area contributed by atoms with E-state index in [9.17, 15) is 0 Å². The average molecular weight is 245 g/mol. The molecule has 0 aromatic heterocycles. The number of rotatable bonds is 12. The molecule has 0 aromatic carbocycles. The van der Waals surface area contributed by atoms with Crippen LogP contribution in [0.3, 0.4) is 0 Å². The first kappa shape index (κ1) is 19.3. The molecule has 0 saturated carbocycles. The monoisotopic (exact) mass is 245 g/mol. The molecular formula is C15H35NO. The van der Waals surface area contributed by atoms with Crippen molar-refractivity contribution in [1.29, 1.82) is 0 Å². The Balaban J connectivity index is 0. The molecule has 0 fully saturated rings. The van der Waals surface area contributed by atoms with Crippen molar-refractivity contribution >= 4 is 0 Å². The largest absolute Gasteiger partial charge is 0.870 e. The van der Waals surface area contributed by atoms with E-state index in [0.29, 0.717) is 0 Å². The molecule has 2 heteroatoms. The summed E-state index contributed by atoms with van der Waals surface area (Å²) < 4.78 is 0. The van der Waals surface area contributed by atoms with Crippen LogP contribution in [0.25, 0.3) is 0 Å². The smallest absolute Gasteiger partial charge is 0.0770 e. The van der Waals surface area contributed by atoms with Crippen LogP contribution in [0.4, 0.5) is 0 Å². The lowest BCUT2D eigenvalue weighted by molar-refractivity contribution is -0.900. The Morgan fingerprint density at radius 1 is 0.529 bits per heavy atom. The van der Waals surface area contributed by atoms with Crippen molar-refractivity contribution in [2.75, 3.05) is 19.6 Å². The number of hydrogen-bond acceptors (Lipinski definition) is 1. The number of unbranched alkanes of at least 4 members (excludes halogenated alkanes) is 6. The highest BCUT2D eigenvalue weighted by Gasteiger charge is 2.06. The third-order valence-corrected chi connectivity index (χ3v) is 3.40. The van der Waals surface area contributed by atoms with Gasteiger partial charge in [-0.3, -0.25) is 0 Å². The molecule has 17 heavy (non-hydrogen) atoms. The summed E-state index contributed by atoms with van der Waals surface area (Å²) in [6, 6.07) is 0. The fraction of sp³-hybridized carbons (Fsp3) is 1.00. The standard InChI is InChI=1S/C15H33N.H2O/c1-4-7-10-13-16(14-11-8-5-2)15-12-9-6-3;/h4-15H2,1-3H3;1H2. The molecule has 2 nitrogen and oxygen atoms in total. The van der Waals surface area contributed by atoms with Crippen molar-refractivity contribution in [3.05, 3.63) is 0 Å². The molecule has 0 amide bonds. The van der Waals surface area contributed by atoms with Gasteiger partial charge in [0.05, 0.1) is 19.6 Å². The summed E-state index contributed by atoms with van der Waals surface area (Å²) in [5.74, 6) is 0. The van der Waals surface area contributed by atoms with E-state index < -0.39 is 0 Å². The molecule has 0 aromatic rings. The third kappa shape index (κ3) is 13.9. The van der Waals surface area contributed by atoms with Gasteiger partial charge in [0, 0.05) is 0 Å². The first-order valence-corrected chi connectivity index (χ1v) is 7.68. The van der Waals surface area contributed by atoms with Crippen molar-refractivity contribution in [1.82, 2.24) is 0 Å². The summed E-state index contributed by atoms with van der Waals surface area (Å²) in [6.07, 6.45) is 12.6. The van der Waals surface area contributed by atoms with Gasteiger partial charge < -0.3 is 10.4 Å². The molecule has 0 spiro atoms. The van der Waals surface area contributed by atoms with Crippen molar-refractivity contribution in [2.45, 2.75) is 78.6 Å². The summed E-state index contributed by atoms with van der Waals surface area (Å²) in [5.41, 5.74) is 0. The van der Waals surface area contributed by atoms with Crippen LogP contribution >= 0.6 is 0 Å². The van der Waals surface area contributed by atoms with Crippen molar-refractivity contribution in [3.63, 3.8) is 0 Å². The van der Waals surface area contributed by atoms with Crippen LogP contribution in [0.15, 0.2) is 0 Å². The minimum absolute atomic E-state index is 0. The third-order valence-electron chi connectivity index (χ3n) is 3.40. The zero-order valence-corrected chi connectivity index (χ0v) is 12.4.